The monoisotopic (exact) mass is 836 g/mol. The first-order valence-electron chi connectivity index (χ1n) is 20.6. The molecule has 3 N–H and O–H groups in total. The Balaban J connectivity index is 1.17. The third kappa shape index (κ3) is 4.85. The van der Waals surface area contributed by atoms with Crippen LogP contribution >= 0.6 is 11.8 Å². The Bertz CT molecular complexity index is 2590. The smallest absolute Gasteiger partial charge is 0.333 e. The molecule has 0 radical (unpaired) electrons. The van der Waals surface area contributed by atoms with E-state index in [0.29, 0.717) is 47.2 Å². The lowest BCUT2D eigenvalue weighted by Crippen LogP contribution is -2.67. The average Bonchev–Trinajstić information content (AvgIpc) is 3.95. The normalized spacial score (nSPS) is 32.0. The van der Waals surface area contributed by atoms with Crippen LogP contribution in [0.25, 0.3) is 10.9 Å². The topological polar surface area (TPSA) is 161 Å². The number of H-pyrrole nitrogens is 1. The van der Waals surface area contributed by atoms with Crippen LogP contribution in [0.4, 0.5) is 0 Å². The molecule has 3 saturated heterocycles. The minimum Gasteiger partial charge on any atom is -0.504 e. The van der Waals surface area contributed by atoms with Crippen LogP contribution in [0.3, 0.4) is 0 Å². The molecule has 1 spiro atoms. The van der Waals surface area contributed by atoms with Gasteiger partial charge >= 0.3 is 17.9 Å². The van der Waals surface area contributed by atoms with Crippen molar-refractivity contribution in [2.24, 2.45) is 0 Å². The number of nitrogens with zero attached hydrogens (tertiary/aromatic N) is 2. The van der Waals surface area contributed by atoms with Gasteiger partial charge in [0, 0.05) is 82.5 Å². The number of carbonyl (C=O) groups is 3. The number of benzene rings is 3. The lowest BCUT2D eigenvalue weighted by atomic mass is 9.72. The van der Waals surface area contributed by atoms with Gasteiger partial charge in [-0.15, -0.1) is 11.8 Å². The largest absolute Gasteiger partial charge is 0.504 e. The Labute approximate surface area is 351 Å². The number of phenols is 1. The lowest BCUT2D eigenvalue weighted by molar-refractivity contribution is -0.159. The number of aromatic amines is 1. The molecule has 60 heavy (non-hydrogen) atoms. The maximum absolute atomic E-state index is 15.3. The van der Waals surface area contributed by atoms with Crippen molar-refractivity contribution in [1.29, 1.82) is 0 Å². The number of hydrogen-bond acceptors (Lipinski definition) is 14. The standard InChI is InChI=1S/C45H48N4O10S/c1-20-12-27-30(35(52)36(20)54-7)33-34-40-32-31(39-38(57-19-58-39)21(2)37(32)59-23(4)51)29(49(34)43(5)16-44(27,6)48(33)17-43)15-56-42(53)45(18-60-40)41-26(13-24(47-45)14-55-22(3)50)25-10-8-9-11-28(25)46-41/h8-12,24,29,33-34,40,46-47,52H,13-19H2,1-7H3/t24?,29-,33?,34+,40+,43?,44+,45+/m0/s1. The van der Waals surface area contributed by atoms with Crippen LogP contribution in [0.2, 0.25) is 0 Å². The van der Waals surface area contributed by atoms with Crippen LogP contribution in [-0.2, 0) is 41.4 Å². The highest BCUT2D eigenvalue weighted by Crippen LogP contribution is 2.71. The van der Waals surface area contributed by atoms with Gasteiger partial charge in [0.05, 0.1) is 30.1 Å². The summed E-state index contributed by atoms with van der Waals surface area (Å²) in [6, 6.07) is 8.52. The molecule has 12 rings (SSSR count). The number of aromatic nitrogens is 1. The van der Waals surface area contributed by atoms with E-state index in [-0.39, 0.29) is 43.6 Å². The van der Waals surface area contributed by atoms with Gasteiger partial charge in [0.2, 0.25) is 6.79 Å². The van der Waals surface area contributed by atoms with Crippen molar-refractivity contribution < 1.29 is 47.9 Å². The number of aromatic hydroxyl groups is 1. The summed E-state index contributed by atoms with van der Waals surface area (Å²) in [6.07, 6.45) is 1.26. The van der Waals surface area contributed by atoms with E-state index >= 15 is 4.79 Å². The van der Waals surface area contributed by atoms with Gasteiger partial charge in [0.15, 0.2) is 28.5 Å². The van der Waals surface area contributed by atoms with E-state index in [0.717, 1.165) is 50.7 Å². The molecule has 0 saturated carbocycles. The van der Waals surface area contributed by atoms with E-state index in [2.05, 4.69) is 40.0 Å². The van der Waals surface area contributed by atoms with Gasteiger partial charge in [-0.05, 0) is 69.4 Å². The van der Waals surface area contributed by atoms with Gasteiger partial charge in [-0.1, -0.05) is 18.2 Å². The van der Waals surface area contributed by atoms with E-state index in [1.165, 1.54) is 13.8 Å². The number of hydrogen-bond donors (Lipinski definition) is 3. The third-order valence-corrected chi connectivity index (χ3v) is 15.9. The molecule has 314 valence electrons. The summed E-state index contributed by atoms with van der Waals surface area (Å²) in [5, 5.41) is 16.5. The number of rotatable bonds is 4. The second-order valence-electron chi connectivity index (χ2n) is 18.0. The zero-order valence-electron chi connectivity index (χ0n) is 34.6. The highest BCUT2D eigenvalue weighted by atomic mass is 32.2. The molecule has 15 heteroatoms. The molecular weight excluding hydrogens is 789 g/mol. The highest BCUT2D eigenvalue weighted by molar-refractivity contribution is 7.99. The average molecular weight is 837 g/mol. The van der Waals surface area contributed by atoms with Crippen molar-refractivity contribution in [1.82, 2.24) is 20.1 Å². The van der Waals surface area contributed by atoms with Crippen LogP contribution in [-0.4, -0.2) is 94.8 Å². The fourth-order valence-electron chi connectivity index (χ4n) is 12.5. The van der Waals surface area contributed by atoms with Gasteiger partial charge in [0.1, 0.15) is 19.0 Å². The lowest BCUT2D eigenvalue weighted by Gasteiger charge is -2.60. The number of nitrogens with one attached hydrogen (secondary N) is 2. The summed E-state index contributed by atoms with van der Waals surface area (Å²) in [4.78, 5) is 49.3. The zero-order valence-corrected chi connectivity index (χ0v) is 35.5. The Morgan fingerprint density at radius 2 is 1.82 bits per heavy atom. The fourth-order valence-corrected chi connectivity index (χ4v) is 14.1. The fraction of sp³-hybridized carbons (Fsp3) is 0.489. The Morgan fingerprint density at radius 3 is 2.58 bits per heavy atom. The SMILES string of the molecule is COc1c(C)cc2c(c1O)C1[C@@H]3[C@@H]4SC[C@]5(NC(COC(C)=O)Cc6c5[nH]c5ccccc65)C(=O)OC[C@@H](c5c6c(c(C)c(OC(C)=O)c54)OCO6)N3C3(C)CN1[C@]2(C)C3. The van der Waals surface area contributed by atoms with Gasteiger partial charge < -0.3 is 38.5 Å². The molecule has 0 amide bonds. The highest BCUT2D eigenvalue weighted by Gasteiger charge is 2.71. The van der Waals surface area contributed by atoms with E-state index in [1.807, 2.05) is 38.1 Å². The minimum absolute atomic E-state index is 0.00800. The molecule has 0 aliphatic carbocycles. The number of carbonyl (C=O) groups excluding carboxylic acids is 3. The molecule has 9 heterocycles. The molecule has 4 aromatic rings. The summed E-state index contributed by atoms with van der Waals surface area (Å²) < 4.78 is 36.9. The first-order chi connectivity index (χ1) is 28.7. The molecule has 1 aromatic heterocycles. The van der Waals surface area contributed by atoms with E-state index in [1.54, 1.807) is 18.9 Å². The van der Waals surface area contributed by atoms with Crippen LogP contribution in [0.15, 0.2) is 30.3 Å². The molecule has 3 unspecified atom stereocenters. The van der Waals surface area contributed by atoms with E-state index < -0.39 is 51.9 Å². The zero-order chi connectivity index (χ0) is 41.8. The first-order valence-corrected chi connectivity index (χ1v) is 21.7. The Hall–Kier alpha value is -4.96. The van der Waals surface area contributed by atoms with E-state index in [4.69, 9.17) is 28.4 Å². The number of aryl methyl sites for hydroxylation is 1. The molecule has 14 nitrogen and oxygen atoms in total. The summed E-state index contributed by atoms with van der Waals surface area (Å²) in [5.41, 5.74) is 5.30. The first kappa shape index (κ1) is 38.0. The second-order valence-corrected chi connectivity index (χ2v) is 19.1. The number of thioether (sulfide) groups is 1. The molecule has 3 fully saturated rings. The van der Waals surface area contributed by atoms with Gasteiger partial charge in [-0.2, -0.15) is 0 Å². The number of phenolic OH excluding ortho intramolecular Hbond substituents is 1. The van der Waals surface area contributed by atoms with Crippen molar-refractivity contribution in [3.63, 3.8) is 0 Å². The third-order valence-electron chi connectivity index (χ3n) is 14.4. The summed E-state index contributed by atoms with van der Waals surface area (Å²) in [7, 11) is 1.59. The molecule has 8 aliphatic heterocycles. The van der Waals surface area contributed by atoms with Gasteiger partial charge in [0.25, 0.3) is 0 Å². The minimum atomic E-state index is -1.40. The van der Waals surface area contributed by atoms with Crippen LogP contribution < -0.4 is 24.3 Å². The summed E-state index contributed by atoms with van der Waals surface area (Å²) >= 11 is 1.59. The predicted molar refractivity (Wildman–Crippen MR) is 220 cm³/mol. The van der Waals surface area contributed by atoms with Crippen molar-refractivity contribution >= 4 is 40.6 Å². The van der Waals surface area contributed by atoms with Crippen molar-refractivity contribution in [2.75, 3.05) is 39.4 Å². The number of para-hydroxylation sites is 1. The van der Waals surface area contributed by atoms with Crippen LogP contribution in [0.5, 0.6) is 28.7 Å². The van der Waals surface area contributed by atoms with E-state index in [9.17, 15) is 14.7 Å². The molecule has 8 aliphatic rings. The van der Waals surface area contributed by atoms with Crippen molar-refractivity contribution in [3.05, 3.63) is 75.0 Å². The summed E-state index contributed by atoms with van der Waals surface area (Å²) in [6.45, 7) is 11.9. The van der Waals surface area contributed by atoms with Crippen molar-refractivity contribution in [2.45, 2.75) is 100 Å². The molecular formula is C45H48N4O10S. The molecule has 8 atom stereocenters. The van der Waals surface area contributed by atoms with Gasteiger partial charge in [-0.25, -0.2) is 4.79 Å². The second kappa shape index (κ2) is 12.8. The predicted octanol–water partition coefficient (Wildman–Crippen LogP) is 5.63. The maximum Gasteiger partial charge on any atom is 0.333 e. The van der Waals surface area contributed by atoms with Crippen LogP contribution in [0.1, 0.15) is 96.1 Å². The Kier molecular flexibility index (Phi) is 8.10. The quantitative estimate of drug-likeness (QED) is 0.171. The molecule has 3 aromatic carbocycles. The number of methoxy groups -OCH3 is 1. The maximum atomic E-state index is 15.3. The van der Waals surface area contributed by atoms with Crippen molar-refractivity contribution in [3.8, 4) is 28.7 Å². The number of fused-ring (bicyclic) bond motifs is 11. The number of ether oxygens (including phenoxy) is 6. The van der Waals surface area contributed by atoms with Gasteiger partial charge in [-0.3, -0.25) is 24.7 Å². The number of piperazine rings is 1. The Morgan fingerprint density at radius 1 is 1.03 bits per heavy atom. The molecule has 4 bridgehead atoms. The number of esters is 3. The van der Waals surface area contributed by atoms with Crippen LogP contribution in [0, 0.1) is 13.8 Å². The summed E-state index contributed by atoms with van der Waals surface area (Å²) in [5.74, 6) is 0.908.